The van der Waals surface area contributed by atoms with Crippen LogP contribution in [0.3, 0.4) is 0 Å². The van der Waals surface area contributed by atoms with Gasteiger partial charge in [-0.15, -0.1) is 0 Å². The highest BCUT2D eigenvalue weighted by Gasteiger charge is 2.36. The number of hydrogen-bond donors (Lipinski definition) is 4. The van der Waals surface area contributed by atoms with Crippen LogP contribution in [0.5, 0.6) is 11.8 Å². The van der Waals surface area contributed by atoms with Crippen molar-refractivity contribution in [2.75, 3.05) is 5.43 Å². The summed E-state index contributed by atoms with van der Waals surface area (Å²) in [6, 6.07) is 1.52. The first-order valence-corrected chi connectivity index (χ1v) is 10.7. The van der Waals surface area contributed by atoms with Gasteiger partial charge in [-0.25, -0.2) is 0 Å². The van der Waals surface area contributed by atoms with Gasteiger partial charge in [-0.1, -0.05) is 44.9 Å². The molecule has 2 aliphatic rings. The zero-order valence-electron chi connectivity index (χ0n) is 16.7. The Morgan fingerprint density at radius 3 is 1.97 bits per heavy atom. The van der Waals surface area contributed by atoms with Crippen molar-refractivity contribution in [3.05, 3.63) is 12.1 Å². The van der Waals surface area contributed by atoms with Gasteiger partial charge in [0, 0.05) is 18.1 Å². The summed E-state index contributed by atoms with van der Waals surface area (Å²) in [5.41, 5.74) is 2.22. The van der Waals surface area contributed by atoms with Crippen LogP contribution in [0.2, 0.25) is 0 Å². The minimum Gasteiger partial charge on any atom is -0.493 e. The highest BCUT2D eigenvalue weighted by atomic mass is 16.3. The second-order valence-electron chi connectivity index (χ2n) is 8.26. The molecule has 8 heteroatoms. The molecule has 2 aliphatic carbocycles. The van der Waals surface area contributed by atoms with Gasteiger partial charge >= 0.3 is 5.91 Å². The van der Waals surface area contributed by atoms with E-state index in [4.69, 9.17) is 0 Å². The molecule has 1 aromatic heterocycles. The van der Waals surface area contributed by atoms with E-state index in [2.05, 4.69) is 10.7 Å². The number of ketones is 1. The monoisotopic (exact) mass is 405 g/mol. The van der Waals surface area contributed by atoms with Crippen LogP contribution in [-0.2, 0) is 14.4 Å². The summed E-state index contributed by atoms with van der Waals surface area (Å²) in [5, 5.41) is 22.3. The molecule has 8 nitrogen and oxygen atoms in total. The van der Waals surface area contributed by atoms with E-state index in [9.17, 15) is 24.6 Å². The Labute approximate surface area is 170 Å². The molecule has 4 N–H and O–H groups in total. The first kappa shape index (κ1) is 21.2. The van der Waals surface area contributed by atoms with E-state index in [1.807, 2.05) is 0 Å². The van der Waals surface area contributed by atoms with Crippen LogP contribution in [-0.4, -0.2) is 38.5 Å². The van der Waals surface area contributed by atoms with Gasteiger partial charge in [0.15, 0.2) is 0 Å². The maximum Gasteiger partial charge on any atom is 0.308 e. The van der Waals surface area contributed by atoms with Crippen molar-refractivity contribution in [1.29, 1.82) is 0 Å². The van der Waals surface area contributed by atoms with Crippen LogP contribution < -0.4 is 10.7 Å². The minimum atomic E-state index is -0.969. The number of carbonyl (C=O) groups excluding carboxylic acids is 3. The normalized spacial score (nSPS) is 19.9. The average molecular weight is 405 g/mol. The summed E-state index contributed by atoms with van der Waals surface area (Å²) in [6.45, 7) is 0. The molecule has 0 unspecified atom stereocenters. The fourth-order valence-electron chi connectivity index (χ4n) is 4.51. The third kappa shape index (κ3) is 5.31. The number of rotatable bonds is 6. The zero-order valence-corrected chi connectivity index (χ0v) is 16.7. The summed E-state index contributed by atoms with van der Waals surface area (Å²) in [6.07, 6.45) is 10.5. The van der Waals surface area contributed by atoms with Crippen LogP contribution in [0.15, 0.2) is 12.1 Å². The molecule has 1 aromatic rings. The zero-order chi connectivity index (χ0) is 20.8. The molecule has 2 saturated carbocycles. The van der Waals surface area contributed by atoms with Crippen molar-refractivity contribution >= 4 is 17.6 Å². The fourth-order valence-corrected chi connectivity index (χ4v) is 4.51. The molecule has 0 radical (unpaired) electrons. The Morgan fingerprint density at radius 2 is 1.38 bits per heavy atom. The highest BCUT2D eigenvalue weighted by Crippen LogP contribution is 2.29. The van der Waals surface area contributed by atoms with Gasteiger partial charge in [-0.05, 0) is 31.6 Å². The number of carbonyl (C=O) groups is 3. The van der Waals surface area contributed by atoms with Gasteiger partial charge in [-0.3, -0.25) is 19.8 Å². The van der Waals surface area contributed by atoms with Crippen molar-refractivity contribution < 1.29 is 24.6 Å². The van der Waals surface area contributed by atoms with Crippen LogP contribution in [0.25, 0.3) is 0 Å². The minimum absolute atomic E-state index is 0.0800. The number of aromatic hydroxyl groups is 2. The Morgan fingerprint density at radius 1 is 0.862 bits per heavy atom. The quantitative estimate of drug-likeness (QED) is 0.428. The number of hydrogen-bond acceptors (Lipinski definition) is 5. The standard InChI is InChI=1S/C21H31N3O5/c25-16-12-13-17(26)24(16)23-21(29)19(27)18(14-8-6-3-7-9-14)22-20(28)15-10-4-1-2-5-11-15/h12-15,18,25-26H,1-11H2,(H,22,28)(H,23,29)/t18-/m0/s1. The van der Waals surface area contributed by atoms with Crippen LogP contribution >= 0.6 is 0 Å². The number of aromatic nitrogens is 1. The molecule has 1 atom stereocenters. The second-order valence-corrected chi connectivity index (χ2v) is 8.26. The largest absolute Gasteiger partial charge is 0.493 e. The predicted molar refractivity (Wildman–Crippen MR) is 107 cm³/mol. The molecule has 3 rings (SSSR count). The van der Waals surface area contributed by atoms with E-state index in [1.54, 1.807) is 0 Å². The third-order valence-corrected chi connectivity index (χ3v) is 6.20. The molecule has 0 spiro atoms. The van der Waals surface area contributed by atoms with Gasteiger partial charge in [0.05, 0.1) is 0 Å². The van der Waals surface area contributed by atoms with Crippen molar-refractivity contribution in [2.45, 2.75) is 76.7 Å². The summed E-state index contributed by atoms with van der Waals surface area (Å²) < 4.78 is 0.741. The number of Topliss-reactive ketones (excluding diaryl/α,β-unsaturated/α-hetero) is 1. The van der Waals surface area contributed by atoms with Gasteiger partial charge in [0.1, 0.15) is 6.04 Å². The molecule has 29 heavy (non-hydrogen) atoms. The topological polar surface area (TPSA) is 121 Å². The van der Waals surface area contributed by atoms with E-state index in [1.165, 1.54) is 12.1 Å². The molecular formula is C21H31N3O5. The van der Waals surface area contributed by atoms with Crippen LogP contribution in [0, 0.1) is 11.8 Å². The molecule has 1 heterocycles. The lowest BCUT2D eigenvalue weighted by Crippen LogP contribution is -2.52. The van der Waals surface area contributed by atoms with Crippen LogP contribution in [0.4, 0.5) is 0 Å². The molecule has 2 amide bonds. The number of amides is 2. The molecule has 0 aliphatic heterocycles. The molecular weight excluding hydrogens is 374 g/mol. The lowest BCUT2D eigenvalue weighted by atomic mass is 9.81. The van der Waals surface area contributed by atoms with Gasteiger partial charge < -0.3 is 15.5 Å². The van der Waals surface area contributed by atoms with E-state index >= 15 is 0 Å². The SMILES string of the molecule is O=C(Nn1c(O)ccc1O)C(=O)[C@@H](NC(=O)C1CCCCCC1)C1CCCCC1. The van der Waals surface area contributed by atoms with E-state index in [-0.39, 0.29) is 29.5 Å². The van der Waals surface area contributed by atoms with E-state index < -0.39 is 17.7 Å². The van der Waals surface area contributed by atoms with Crippen molar-refractivity contribution in [2.24, 2.45) is 11.8 Å². The average Bonchev–Trinajstić information content (AvgIpc) is 2.94. The first-order valence-electron chi connectivity index (χ1n) is 10.7. The Balaban J connectivity index is 1.72. The van der Waals surface area contributed by atoms with Gasteiger partial charge in [-0.2, -0.15) is 4.68 Å². The van der Waals surface area contributed by atoms with E-state index in [0.717, 1.165) is 75.3 Å². The van der Waals surface area contributed by atoms with Crippen LogP contribution in [0.1, 0.15) is 70.6 Å². The molecule has 0 saturated heterocycles. The maximum atomic E-state index is 13.0. The summed E-state index contributed by atoms with van der Waals surface area (Å²) >= 11 is 0. The third-order valence-electron chi connectivity index (χ3n) is 6.20. The lowest BCUT2D eigenvalue weighted by molar-refractivity contribution is -0.139. The smallest absolute Gasteiger partial charge is 0.308 e. The van der Waals surface area contributed by atoms with Gasteiger partial charge in [0.25, 0.3) is 0 Å². The summed E-state index contributed by atoms with van der Waals surface area (Å²) in [5.74, 6) is -2.83. The molecule has 0 bridgehead atoms. The Kier molecular flexibility index (Phi) is 7.17. The summed E-state index contributed by atoms with van der Waals surface area (Å²) in [7, 11) is 0. The van der Waals surface area contributed by atoms with Crippen molar-refractivity contribution in [3.63, 3.8) is 0 Å². The van der Waals surface area contributed by atoms with Crippen molar-refractivity contribution in [1.82, 2.24) is 9.99 Å². The predicted octanol–water partition coefficient (Wildman–Crippen LogP) is 2.57. The Hall–Kier alpha value is -2.51. The summed E-state index contributed by atoms with van der Waals surface area (Å²) in [4.78, 5) is 38.4. The lowest BCUT2D eigenvalue weighted by Gasteiger charge is -2.30. The second kappa shape index (κ2) is 9.80. The highest BCUT2D eigenvalue weighted by molar-refractivity contribution is 6.41. The Bertz CT molecular complexity index is 711. The number of nitrogens with one attached hydrogen (secondary N) is 2. The van der Waals surface area contributed by atoms with Crippen molar-refractivity contribution in [3.8, 4) is 11.8 Å². The fraction of sp³-hybridized carbons (Fsp3) is 0.667. The molecule has 160 valence electrons. The van der Waals surface area contributed by atoms with E-state index in [0.29, 0.717) is 0 Å². The van der Waals surface area contributed by atoms with Gasteiger partial charge in [0.2, 0.25) is 23.5 Å². The number of nitrogens with zero attached hydrogens (tertiary/aromatic N) is 1. The maximum absolute atomic E-state index is 13.0. The first-order chi connectivity index (χ1) is 14.0. The molecule has 2 fully saturated rings. The molecule has 0 aromatic carbocycles.